The van der Waals surface area contributed by atoms with E-state index in [2.05, 4.69) is 9.36 Å². The fraction of sp³-hybridized carbons (Fsp3) is 0.333. The van der Waals surface area contributed by atoms with Gasteiger partial charge in [-0.1, -0.05) is 11.8 Å². The van der Waals surface area contributed by atoms with Crippen LogP contribution in [0.25, 0.3) is 0 Å². The summed E-state index contributed by atoms with van der Waals surface area (Å²) in [4.78, 5) is 12.8. The van der Waals surface area contributed by atoms with Gasteiger partial charge in [-0.3, -0.25) is 9.78 Å². The smallest absolute Gasteiger partial charge is 0.291 e. The summed E-state index contributed by atoms with van der Waals surface area (Å²) < 4.78 is 3.77. The van der Waals surface area contributed by atoms with E-state index in [1.54, 1.807) is 0 Å². The average Bonchev–Trinajstić information content (AvgIpc) is 2.14. The predicted octanol–water partition coefficient (Wildman–Crippen LogP) is 0.553. The third kappa shape index (κ3) is 1.10. The van der Waals surface area contributed by atoms with Crippen molar-refractivity contribution in [2.45, 2.75) is 5.16 Å². The number of aromatic amines is 1. The molecule has 0 amide bonds. The van der Waals surface area contributed by atoms with Crippen molar-refractivity contribution in [3.05, 3.63) is 9.67 Å². The maximum Gasteiger partial charge on any atom is 0.324 e. The third-order valence-corrected chi connectivity index (χ3v) is 1.85. The van der Waals surface area contributed by atoms with Gasteiger partial charge in [0.1, 0.15) is 0 Å². The first kappa shape index (κ1) is 5.84. The quantitative estimate of drug-likeness (QED) is 0.592. The van der Waals surface area contributed by atoms with E-state index < -0.39 is 0 Å². The van der Waals surface area contributed by atoms with E-state index in [9.17, 15) is 4.79 Å². The Morgan fingerprint density at radius 3 is 2.88 bits per heavy atom. The van der Waals surface area contributed by atoms with Gasteiger partial charge in [-0.2, -0.15) is 4.37 Å². The average molecular weight is 148 g/mol. The van der Waals surface area contributed by atoms with Gasteiger partial charge in [0.2, 0.25) is 0 Å². The molecule has 8 heavy (non-hydrogen) atoms. The Balaban J connectivity index is 3.01. The highest BCUT2D eigenvalue weighted by atomic mass is 32.2. The highest BCUT2D eigenvalue weighted by molar-refractivity contribution is 7.98. The molecule has 1 heterocycles. The molecule has 0 atom stereocenters. The maximum absolute atomic E-state index is 10.3. The monoisotopic (exact) mass is 148 g/mol. The summed E-state index contributed by atoms with van der Waals surface area (Å²) >= 11 is 2.38. The van der Waals surface area contributed by atoms with Gasteiger partial charge in [0.05, 0.1) is 0 Å². The molecule has 0 spiro atoms. The molecule has 0 aromatic carbocycles. The molecule has 0 fully saturated rings. The van der Waals surface area contributed by atoms with Crippen LogP contribution < -0.4 is 4.87 Å². The second kappa shape index (κ2) is 2.32. The Morgan fingerprint density at radius 1 is 1.88 bits per heavy atom. The number of nitrogens with one attached hydrogen (secondary N) is 1. The van der Waals surface area contributed by atoms with Crippen LogP contribution in [0.15, 0.2) is 9.95 Å². The number of aromatic nitrogens is 2. The SMILES string of the molecule is CSc1nsc(=O)[nH]1. The van der Waals surface area contributed by atoms with Crippen LogP contribution in [0.4, 0.5) is 0 Å². The molecule has 0 unspecified atom stereocenters. The third-order valence-electron chi connectivity index (χ3n) is 0.614. The lowest BCUT2D eigenvalue weighted by Gasteiger charge is -1.77. The van der Waals surface area contributed by atoms with Gasteiger partial charge >= 0.3 is 4.87 Å². The lowest BCUT2D eigenvalue weighted by Crippen LogP contribution is -1.90. The van der Waals surface area contributed by atoms with Crippen LogP contribution in [0.1, 0.15) is 0 Å². The summed E-state index contributed by atoms with van der Waals surface area (Å²) in [5.74, 6) is 0. The minimum Gasteiger partial charge on any atom is -0.291 e. The molecule has 0 bridgehead atoms. The van der Waals surface area contributed by atoms with E-state index in [0.29, 0.717) is 5.16 Å². The molecular formula is C3H4N2OS2. The number of nitrogens with zero attached hydrogens (tertiary/aromatic N) is 1. The van der Waals surface area contributed by atoms with E-state index in [1.807, 2.05) is 6.26 Å². The number of H-pyrrole nitrogens is 1. The Hall–Kier alpha value is -0.290. The van der Waals surface area contributed by atoms with Crippen LogP contribution in [0, 0.1) is 0 Å². The zero-order chi connectivity index (χ0) is 5.98. The molecule has 0 radical (unpaired) electrons. The normalized spacial score (nSPS) is 9.62. The Labute approximate surface area is 54.3 Å². The van der Waals surface area contributed by atoms with Gasteiger partial charge in [-0.15, -0.1) is 0 Å². The van der Waals surface area contributed by atoms with Gasteiger partial charge in [0, 0.05) is 11.5 Å². The summed E-state index contributed by atoms with van der Waals surface area (Å²) in [6, 6.07) is 0. The number of thioether (sulfide) groups is 1. The molecule has 1 aromatic heterocycles. The number of hydrogen-bond donors (Lipinski definition) is 1. The van der Waals surface area contributed by atoms with Crippen molar-refractivity contribution >= 4 is 23.3 Å². The minimum absolute atomic E-state index is 0.0886. The Kier molecular flexibility index (Phi) is 1.69. The zero-order valence-electron chi connectivity index (χ0n) is 4.17. The molecule has 0 saturated heterocycles. The Bertz CT molecular complexity index is 215. The van der Waals surface area contributed by atoms with E-state index in [4.69, 9.17) is 0 Å². The molecule has 1 aromatic rings. The van der Waals surface area contributed by atoms with Crippen molar-refractivity contribution in [2.75, 3.05) is 6.26 Å². The molecule has 0 aliphatic rings. The van der Waals surface area contributed by atoms with Crippen LogP contribution in [-0.2, 0) is 0 Å². The standard InChI is InChI=1S/C3H4N2OS2/c1-7-2-4-3(6)8-5-2/h1H3,(H,4,5,6). The predicted molar refractivity (Wildman–Crippen MR) is 34.5 cm³/mol. The van der Waals surface area contributed by atoms with E-state index in [-0.39, 0.29) is 4.87 Å². The Morgan fingerprint density at radius 2 is 2.62 bits per heavy atom. The fourth-order valence-corrected chi connectivity index (χ4v) is 1.33. The molecule has 1 N–H and O–H groups in total. The van der Waals surface area contributed by atoms with Crippen molar-refractivity contribution in [3.63, 3.8) is 0 Å². The van der Waals surface area contributed by atoms with E-state index in [0.717, 1.165) is 11.5 Å². The molecule has 0 aliphatic carbocycles. The molecule has 1 rings (SSSR count). The van der Waals surface area contributed by atoms with Crippen LogP contribution >= 0.6 is 23.3 Å². The van der Waals surface area contributed by atoms with Crippen molar-refractivity contribution < 1.29 is 0 Å². The highest BCUT2D eigenvalue weighted by Gasteiger charge is 1.91. The summed E-state index contributed by atoms with van der Waals surface area (Å²) in [6.07, 6.45) is 1.87. The number of hydrogen-bond acceptors (Lipinski definition) is 4. The highest BCUT2D eigenvalue weighted by Crippen LogP contribution is 2.04. The topological polar surface area (TPSA) is 45.8 Å². The van der Waals surface area contributed by atoms with Crippen molar-refractivity contribution in [3.8, 4) is 0 Å². The summed E-state index contributed by atoms with van der Waals surface area (Å²) in [7, 11) is 0. The summed E-state index contributed by atoms with van der Waals surface area (Å²) in [5.41, 5.74) is 0. The second-order valence-corrected chi connectivity index (χ2v) is 2.64. The van der Waals surface area contributed by atoms with Crippen molar-refractivity contribution in [1.82, 2.24) is 9.36 Å². The summed E-state index contributed by atoms with van der Waals surface area (Å²) in [5, 5.41) is 0.694. The lowest BCUT2D eigenvalue weighted by molar-refractivity contribution is 1.06. The van der Waals surface area contributed by atoms with E-state index in [1.165, 1.54) is 11.8 Å². The van der Waals surface area contributed by atoms with Gasteiger partial charge in [0.25, 0.3) is 0 Å². The zero-order valence-corrected chi connectivity index (χ0v) is 5.80. The van der Waals surface area contributed by atoms with Crippen LogP contribution in [0.2, 0.25) is 0 Å². The van der Waals surface area contributed by atoms with E-state index >= 15 is 0 Å². The van der Waals surface area contributed by atoms with Gasteiger partial charge < -0.3 is 0 Å². The van der Waals surface area contributed by atoms with Crippen LogP contribution in [0.5, 0.6) is 0 Å². The lowest BCUT2D eigenvalue weighted by atomic mass is 11.3. The van der Waals surface area contributed by atoms with Crippen molar-refractivity contribution in [2.24, 2.45) is 0 Å². The maximum atomic E-state index is 10.3. The van der Waals surface area contributed by atoms with Crippen molar-refractivity contribution in [1.29, 1.82) is 0 Å². The molecule has 5 heteroatoms. The summed E-state index contributed by atoms with van der Waals surface area (Å²) in [6.45, 7) is 0. The minimum atomic E-state index is -0.0886. The van der Waals surface area contributed by atoms with Gasteiger partial charge in [0.15, 0.2) is 5.16 Å². The first-order chi connectivity index (χ1) is 3.83. The molecule has 3 nitrogen and oxygen atoms in total. The van der Waals surface area contributed by atoms with Gasteiger partial charge in [-0.25, -0.2) is 0 Å². The van der Waals surface area contributed by atoms with Crippen LogP contribution in [0.3, 0.4) is 0 Å². The second-order valence-electron chi connectivity index (χ2n) is 1.10. The van der Waals surface area contributed by atoms with Crippen LogP contribution in [-0.4, -0.2) is 15.6 Å². The first-order valence-corrected chi connectivity index (χ1v) is 3.92. The molecule has 0 aliphatic heterocycles. The molecule has 0 saturated carbocycles. The molecular weight excluding hydrogens is 144 g/mol. The molecule has 44 valence electrons. The first-order valence-electron chi connectivity index (χ1n) is 1.93. The van der Waals surface area contributed by atoms with Gasteiger partial charge in [-0.05, 0) is 6.26 Å². The fourth-order valence-electron chi connectivity index (χ4n) is 0.304. The largest absolute Gasteiger partial charge is 0.324 e. The number of rotatable bonds is 1.